The summed E-state index contributed by atoms with van der Waals surface area (Å²) in [6.45, 7) is 5.15. The summed E-state index contributed by atoms with van der Waals surface area (Å²) in [6.07, 6.45) is 13.4. The molecule has 0 aromatic heterocycles. The smallest absolute Gasteiger partial charge is 0.862 e. The van der Waals surface area contributed by atoms with E-state index in [1.165, 1.54) is 64.7 Å². The van der Waals surface area contributed by atoms with Gasteiger partial charge in [0.15, 0.2) is 0 Å². The number of hydrogen-bond acceptors (Lipinski definition) is 4. The zero-order valence-corrected chi connectivity index (χ0v) is 18.0. The van der Waals surface area contributed by atoms with Crippen molar-refractivity contribution in [2.45, 2.75) is 90.5 Å². The molecule has 0 bridgehead atoms. The van der Waals surface area contributed by atoms with Crippen LogP contribution in [-0.2, 0) is 4.79 Å². The molecule has 0 unspecified atom stereocenters. The summed E-state index contributed by atoms with van der Waals surface area (Å²) in [6, 6.07) is -0.940. The zero-order valence-electron chi connectivity index (χ0n) is 16.0. The van der Waals surface area contributed by atoms with Crippen LogP contribution in [0.2, 0.25) is 0 Å². The maximum atomic E-state index is 11.4. The average Bonchev–Trinajstić information content (AvgIpc) is 2.51. The molecule has 24 heavy (non-hydrogen) atoms. The van der Waals surface area contributed by atoms with Crippen molar-refractivity contribution in [3.63, 3.8) is 0 Å². The Hall–Kier alpha value is -0.100. The van der Waals surface area contributed by atoms with Crippen LogP contribution in [0.1, 0.15) is 84.5 Å². The van der Waals surface area contributed by atoms with Gasteiger partial charge in [-0.05, 0) is 38.8 Å². The van der Waals surface area contributed by atoms with Gasteiger partial charge in [-0.15, -0.1) is 0 Å². The number of carboxylic acid groups (broad SMARTS) is 1. The number of hydrogen-bond donors (Lipinski definition) is 2. The van der Waals surface area contributed by atoms with Crippen molar-refractivity contribution in [2.24, 2.45) is 4.99 Å². The molecule has 0 aromatic rings. The summed E-state index contributed by atoms with van der Waals surface area (Å²) in [5.41, 5.74) is 0. The third-order valence-corrected chi connectivity index (χ3v) is 3.92. The van der Waals surface area contributed by atoms with Crippen LogP contribution in [0.5, 0.6) is 0 Å². The number of carbonyl (C=O) groups is 1. The number of nitrogens with one attached hydrogen (secondary N) is 1. The van der Waals surface area contributed by atoms with E-state index in [1.807, 2.05) is 0 Å². The van der Waals surface area contributed by atoms with Crippen LogP contribution >= 0.6 is 0 Å². The van der Waals surface area contributed by atoms with Gasteiger partial charge in [-0.2, -0.15) is 0 Å². The largest absolute Gasteiger partial charge is 1.00 e. The summed E-state index contributed by atoms with van der Waals surface area (Å²) >= 11 is 0. The van der Waals surface area contributed by atoms with Crippen molar-refractivity contribution in [3.8, 4) is 0 Å². The first kappa shape index (κ1) is 26.1. The van der Waals surface area contributed by atoms with Crippen LogP contribution < -0.4 is 40.0 Å². The number of unbranched alkanes of at least 4 members (excludes halogenated alkanes) is 9. The van der Waals surface area contributed by atoms with Crippen molar-refractivity contribution in [1.82, 2.24) is 5.32 Å². The Bertz CT molecular complexity index is 325. The molecule has 0 aliphatic heterocycles. The summed E-state index contributed by atoms with van der Waals surface area (Å²) < 4.78 is 0. The standard InChI is InChI=1S/C18H36N2O3.Na/c1-3-4-5-6-7-8-9-10-11-12-14-19-15-13-17(21)20-16(2)18(22)23;/h16,19H,3-15H2,1-2H3,(H,20,21)(H,22,23);/q;+1/p-1/t16-;/m0./s1. The van der Waals surface area contributed by atoms with E-state index in [4.69, 9.17) is 5.11 Å². The third-order valence-electron chi connectivity index (χ3n) is 3.92. The fourth-order valence-corrected chi connectivity index (χ4v) is 2.39. The van der Waals surface area contributed by atoms with Gasteiger partial charge in [0.25, 0.3) is 0 Å². The molecule has 5 nitrogen and oxygen atoms in total. The van der Waals surface area contributed by atoms with Crippen LogP contribution in [-0.4, -0.2) is 36.1 Å². The second kappa shape index (κ2) is 19.2. The molecule has 0 radical (unpaired) electrons. The van der Waals surface area contributed by atoms with E-state index in [0.717, 1.165) is 13.0 Å². The van der Waals surface area contributed by atoms with Crippen LogP contribution in [0.25, 0.3) is 0 Å². The molecule has 0 aliphatic carbocycles. The predicted molar refractivity (Wildman–Crippen MR) is 93.9 cm³/mol. The molecule has 0 spiro atoms. The molecular formula is C18H35N2NaO3. The van der Waals surface area contributed by atoms with Crippen LogP contribution in [0, 0.1) is 0 Å². The van der Waals surface area contributed by atoms with Crippen molar-refractivity contribution in [2.75, 3.05) is 13.1 Å². The monoisotopic (exact) mass is 350 g/mol. The molecule has 0 fully saturated rings. The first-order chi connectivity index (χ1) is 11.1. The summed E-state index contributed by atoms with van der Waals surface area (Å²) in [7, 11) is 0. The summed E-state index contributed by atoms with van der Waals surface area (Å²) in [5, 5.41) is 23.3. The molecule has 0 aliphatic rings. The van der Waals surface area contributed by atoms with E-state index in [9.17, 15) is 9.90 Å². The number of carboxylic acids is 1. The van der Waals surface area contributed by atoms with Crippen molar-refractivity contribution < 1.29 is 44.6 Å². The van der Waals surface area contributed by atoms with Gasteiger partial charge in [-0.25, -0.2) is 4.79 Å². The molecule has 2 N–H and O–H groups in total. The molecule has 1 atom stereocenters. The molecule has 0 saturated heterocycles. The summed E-state index contributed by atoms with van der Waals surface area (Å²) in [4.78, 5) is 14.2. The van der Waals surface area contributed by atoms with Gasteiger partial charge in [0, 0.05) is 0 Å². The van der Waals surface area contributed by atoms with Crippen molar-refractivity contribution in [3.05, 3.63) is 0 Å². The van der Waals surface area contributed by atoms with Gasteiger partial charge in [0.2, 0.25) is 0 Å². The normalized spacial score (nSPS) is 12.7. The molecular weight excluding hydrogens is 315 g/mol. The van der Waals surface area contributed by atoms with Crippen LogP contribution in [0.15, 0.2) is 4.99 Å². The summed E-state index contributed by atoms with van der Waals surface area (Å²) in [5.74, 6) is -1.40. The molecule has 0 saturated carbocycles. The quantitative estimate of drug-likeness (QED) is 0.179. The Balaban J connectivity index is 0. The van der Waals surface area contributed by atoms with Crippen LogP contribution in [0.3, 0.4) is 0 Å². The van der Waals surface area contributed by atoms with E-state index in [-0.39, 0.29) is 41.9 Å². The minimum atomic E-state index is -1.06. The Labute approximate surface area is 170 Å². The maximum Gasteiger partial charge on any atom is 1.00 e. The van der Waals surface area contributed by atoms with E-state index in [1.54, 1.807) is 0 Å². The molecule has 6 heteroatoms. The Morgan fingerprint density at radius 1 is 1.00 bits per heavy atom. The maximum absolute atomic E-state index is 11.4. The Morgan fingerprint density at radius 2 is 1.50 bits per heavy atom. The molecule has 0 rings (SSSR count). The third kappa shape index (κ3) is 18.2. The second-order valence-corrected chi connectivity index (χ2v) is 6.22. The minimum Gasteiger partial charge on any atom is -0.862 e. The molecule has 136 valence electrons. The molecule has 0 amide bonds. The van der Waals surface area contributed by atoms with Gasteiger partial charge in [-0.3, -0.25) is 4.99 Å². The topological polar surface area (TPSA) is 84.8 Å². The number of rotatable bonds is 16. The van der Waals surface area contributed by atoms with E-state index in [2.05, 4.69) is 17.2 Å². The van der Waals surface area contributed by atoms with Gasteiger partial charge < -0.3 is 15.5 Å². The molecule has 0 heterocycles. The van der Waals surface area contributed by atoms with Gasteiger partial charge in [-0.1, -0.05) is 64.7 Å². The van der Waals surface area contributed by atoms with E-state index >= 15 is 0 Å². The van der Waals surface area contributed by atoms with Crippen LogP contribution in [0.4, 0.5) is 0 Å². The van der Waals surface area contributed by atoms with Gasteiger partial charge in [0.05, 0.1) is 0 Å². The minimum absolute atomic E-state index is 0. The van der Waals surface area contributed by atoms with Crippen molar-refractivity contribution >= 4 is 11.9 Å². The predicted octanol–water partition coefficient (Wildman–Crippen LogP) is 0.123. The van der Waals surface area contributed by atoms with Gasteiger partial charge in [0.1, 0.15) is 6.04 Å². The molecule has 0 aromatic carbocycles. The van der Waals surface area contributed by atoms with E-state index in [0.29, 0.717) is 6.54 Å². The van der Waals surface area contributed by atoms with Crippen molar-refractivity contribution in [1.29, 1.82) is 0 Å². The first-order valence-electron chi connectivity index (χ1n) is 9.25. The van der Waals surface area contributed by atoms with E-state index < -0.39 is 12.0 Å². The number of aliphatic imine (C=N–C) groups is 1. The number of aliphatic carboxylic acids is 1. The fourth-order valence-electron chi connectivity index (χ4n) is 2.39. The second-order valence-electron chi connectivity index (χ2n) is 6.22. The SMILES string of the molecule is CCCCCCCCCCCCNCCC([O-])=N[C@@H](C)C(=O)O.[Na+]. The van der Waals surface area contributed by atoms with Gasteiger partial charge >= 0.3 is 35.5 Å². The Kier molecular flexibility index (Phi) is 20.9. The Morgan fingerprint density at radius 3 is 2.00 bits per heavy atom. The number of nitrogens with zero attached hydrogens (tertiary/aromatic N) is 1. The first-order valence-corrected chi connectivity index (χ1v) is 9.25. The average molecular weight is 350 g/mol. The fraction of sp³-hybridized carbons (Fsp3) is 0.889. The zero-order chi connectivity index (χ0) is 17.3.